The van der Waals surface area contributed by atoms with Gasteiger partial charge in [0.1, 0.15) is 11.5 Å². The lowest BCUT2D eigenvalue weighted by Gasteiger charge is -2.33. The molecule has 162 valence electrons. The highest BCUT2D eigenvalue weighted by Gasteiger charge is 2.33. The summed E-state index contributed by atoms with van der Waals surface area (Å²) in [5.74, 6) is 1.89. The first-order valence-electron chi connectivity index (χ1n) is 11.0. The number of hydrogen-bond donors (Lipinski definition) is 0. The zero-order chi connectivity index (χ0) is 22.5. The number of rotatable bonds is 7. The molecule has 2 unspecified atom stereocenters. The van der Waals surface area contributed by atoms with Crippen molar-refractivity contribution in [1.82, 2.24) is 0 Å². The van der Waals surface area contributed by atoms with Crippen molar-refractivity contribution in [2.45, 2.75) is 25.7 Å². The molecule has 2 nitrogen and oxygen atoms in total. The molecule has 2 atom stereocenters. The van der Waals surface area contributed by atoms with Crippen molar-refractivity contribution in [2.24, 2.45) is 0 Å². The normalized spacial score (nSPS) is 12.8. The summed E-state index contributed by atoms with van der Waals surface area (Å²) in [5.41, 5.74) is 7.44. The van der Waals surface area contributed by atoms with Crippen molar-refractivity contribution >= 4 is 0 Å². The molecule has 0 spiro atoms. The van der Waals surface area contributed by atoms with E-state index in [2.05, 4.69) is 98.8 Å². The fourth-order valence-electron chi connectivity index (χ4n) is 4.77. The fraction of sp³-hybridized carbons (Fsp3) is 0.200. The van der Waals surface area contributed by atoms with Crippen molar-refractivity contribution in [3.05, 3.63) is 130 Å². The molecule has 4 aromatic rings. The number of ether oxygens (including phenoxy) is 2. The van der Waals surface area contributed by atoms with Gasteiger partial charge in [0.25, 0.3) is 0 Å². The number of methoxy groups -OCH3 is 2. The zero-order valence-electron chi connectivity index (χ0n) is 19.2. The largest absolute Gasteiger partial charge is 0.496 e. The van der Waals surface area contributed by atoms with Gasteiger partial charge in [-0.3, -0.25) is 0 Å². The monoisotopic (exact) mass is 422 g/mol. The minimum Gasteiger partial charge on any atom is -0.496 e. The Hall–Kier alpha value is -3.52. The van der Waals surface area contributed by atoms with Crippen LogP contribution in [0.2, 0.25) is 0 Å². The molecule has 0 fully saturated rings. The second kappa shape index (κ2) is 9.74. The van der Waals surface area contributed by atoms with Gasteiger partial charge in [-0.15, -0.1) is 0 Å². The van der Waals surface area contributed by atoms with Crippen molar-refractivity contribution in [3.63, 3.8) is 0 Å². The molecule has 4 aromatic carbocycles. The average molecular weight is 423 g/mol. The highest BCUT2D eigenvalue weighted by Crippen LogP contribution is 2.49. The molecule has 0 radical (unpaired) electrons. The van der Waals surface area contributed by atoms with Crippen LogP contribution >= 0.6 is 0 Å². The Morgan fingerprint density at radius 3 is 1.09 bits per heavy atom. The molecule has 4 rings (SSSR count). The lowest BCUT2D eigenvalue weighted by Crippen LogP contribution is -2.18. The first-order chi connectivity index (χ1) is 15.7. The Balaban J connectivity index is 2.08. The molecule has 0 aromatic heterocycles. The summed E-state index contributed by atoms with van der Waals surface area (Å²) >= 11 is 0. The molecule has 0 saturated heterocycles. The molecular weight excluding hydrogens is 392 g/mol. The van der Waals surface area contributed by atoms with Gasteiger partial charge in [0.2, 0.25) is 0 Å². The van der Waals surface area contributed by atoms with E-state index in [0.717, 1.165) is 11.5 Å². The van der Waals surface area contributed by atoms with Crippen molar-refractivity contribution in [2.75, 3.05) is 14.2 Å². The molecule has 0 aliphatic heterocycles. The van der Waals surface area contributed by atoms with E-state index in [-0.39, 0.29) is 11.8 Å². The lowest BCUT2D eigenvalue weighted by molar-refractivity contribution is 0.399. The fourth-order valence-corrected chi connectivity index (χ4v) is 4.77. The molecule has 0 bridgehead atoms. The molecule has 0 N–H and O–H groups in total. The van der Waals surface area contributed by atoms with E-state index >= 15 is 0 Å². The number of aryl methyl sites for hydroxylation is 2. The summed E-state index contributed by atoms with van der Waals surface area (Å²) in [6, 6.07) is 34.1. The lowest BCUT2D eigenvalue weighted by atomic mass is 9.71. The van der Waals surface area contributed by atoms with Gasteiger partial charge in [-0.2, -0.15) is 0 Å². The van der Waals surface area contributed by atoms with Gasteiger partial charge in [-0.25, -0.2) is 0 Å². The van der Waals surface area contributed by atoms with Crippen LogP contribution in [0.15, 0.2) is 97.1 Å². The van der Waals surface area contributed by atoms with E-state index in [9.17, 15) is 0 Å². The third-order valence-electron chi connectivity index (χ3n) is 6.33. The van der Waals surface area contributed by atoms with Crippen molar-refractivity contribution in [1.29, 1.82) is 0 Å². The molecule has 0 aliphatic rings. The maximum Gasteiger partial charge on any atom is 0.122 e. The van der Waals surface area contributed by atoms with E-state index in [1.807, 2.05) is 12.1 Å². The van der Waals surface area contributed by atoms with Crippen LogP contribution in [0.3, 0.4) is 0 Å². The van der Waals surface area contributed by atoms with Gasteiger partial charge < -0.3 is 9.47 Å². The quantitative estimate of drug-likeness (QED) is 0.311. The van der Waals surface area contributed by atoms with Gasteiger partial charge in [-0.1, -0.05) is 84.9 Å². The summed E-state index contributed by atoms with van der Waals surface area (Å²) in [6.07, 6.45) is 0. The van der Waals surface area contributed by atoms with Crippen LogP contribution < -0.4 is 9.47 Å². The predicted octanol–water partition coefficient (Wildman–Crippen LogP) is 7.28. The van der Waals surface area contributed by atoms with Crippen LogP contribution in [0.25, 0.3) is 0 Å². The molecule has 2 heteroatoms. The van der Waals surface area contributed by atoms with Gasteiger partial charge in [0, 0.05) is 23.0 Å². The molecule has 0 saturated carbocycles. The van der Waals surface area contributed by atoms with Crippen LogP contribution in [0.5, 0.6) is 11.5 Å². The maximum absolute atomic E-state index is 5.87. The van der Waals surface area contributed by atoms with Crippen LogP contribution in [-0.2, 0) is 0 Å². The second-order valence-corrected chi connectivity index (χ2v) is 8.15. The van der Waals surface area contributed by atoms with Crippen molar-refractivity contribution < 1.29 is 9.47 Å². The van der Waals surface area contributed by atoms with E-state index in [0.29, 0.717) is 0 Å². The minimum atomic E-state index is 0.0461. The summed E-state index contributed by atoms with van der Waals surface area (Å²) in [5, 5.41) is 0. The molecule has 0 heterocycles. The zero-order valence-corrected chi connectivity index (χ0v) is 19.2. The minimum absolute atomic E-state index is 0.0461. The Labute approximate surface area is 191 Å². The Morgan fingerprint density at radius 1 is 0.438 bits per heavy atom. The first kappa shape index (κ1) is 21.7. The number of hydrogen-bond acceptors (Lipinski definition) is 2. The average Bonchev–Trinajstić information content (AvgIpc) is 2.84. The number of benzene rings is 4. The molecule has 0 amide bonds. The van der Waals surface area contributed by atoms with Crippen LogP contribution in [0, 0.1) is 13.8 Å². The van der Waals surface area contributed by atoms with Gasteiger partial charge in [0.15, 0.2) is 0 Å². The Kier molecular flexibility index (Phi) is 6.61. The first-order valence-corrected chi connectivity index (χ1v) is 11.0. The number of para-hydroxylation sites is 2. The Morgan fingerprint density at radius 2 is 0.750 bits per heavy atom. The summed E-state index contributed by atoms with van der Waals surface area (Å²) < 4.78 is 11.7. The van der Waals surface area contributed by atoms with E-state index < -0.39 is 0 Å². The SMILES string of the molecule is COc1ccccc1C(c1ccccc1C)C(c1ccccc1C)c1ccccc1OC. The van der Waals surface area contributed by atoms with Gasteiger partial charge in [0.05, 0.1) is 14.2 Å². The van der Waals surface area contributed by atoms with Crippen LogP contribution in [0.4, 0.5) is 0 Å². The second-order valence-electron chi connectivity index (χ2n) is 8.15. The summed E-state index contributed by atoms with van der Waals surface area (Å²) in [7, 11) is 3.50. The maximum atomic E-state index is 5.87. The molecule has 32 heavy (non-hydrogen) atoms. The van der Waals surface area contributed by atoms with E-state index in [4.69, 9.17) is 9.47 Å². The van der Waals surface area contributed by atoms with Gasteiger partial charge in [-0.05, 0) is 48.2 Å². The van der Waals surface area contributed by atoms with Crippen LogP contribution in [0.1, 0.15) is 45.2 Å². The van der Waals surface area contributed by atoms with Crippen molar-refractivity contribution in [3.8, 4) is 11.5 Å². The van der Waals surface area contributed by atoms with E-state index in [1.54, 1.807) is 14.2 Å². The molecule has 0 aliphatic carbocycles. The standard InChI is InChI=1S/C30H30O2/c1-21-13-5-7-15-23(21)29(25-17-9-11-19-27(25)31-3)30(24-16-8-6-14-22(24)2)26-18-10-12-20-28(26)32-4/h5-20,29-30H,1-4H3. The van der Waals surface area contributed by atoms with Gasteiger partial charge >= 0.3 is 0 Å². The highest BCUT2D eigenvalue weighted by molar-refractivity contribution is 5.54. The summed E-state index contributed by atoms with van der Waals surface area (Å²) in [6.45, 7) is 4.38. The predicted molar refractivity (Wildman–Crippen MR) is 132 cm³/mol. The Bertz CT molecular complexity index is 1100. The highest BCUT2D eigenvalue weighted by atomic mass is 16.5. The van der Waals surface area contributed by atoms with E-state index in [1.165, 1.54) is 33.4 Å². The summed E-state index contributed by atoms with van der Waals surface area (Å²) in [4.78, 5) is 0. The van der Waals surface area contributed by atoms with Crippen LogP contribution in [-0.4, -0.2) is 14.2 Å². The smallest absolute Gasteiger partial charge is 0.122 e. The third kappa shape index (κ3) is 4.13. The third-order valence-corrected chi connectivity index (χ3v) is 6.33. The molecular formula is C30H30O2. The topological polar surface area (TPSA) is 18.5 Å².